The van der Waals surface area contributed by atoms with Crippen LogP contribution in [0.1, 0.15) is 69.7 Å². The van der Waals surface area contributed by atoms with Crippen LogP contribution in [0.4, 0.5) is 0 Å². The molecule has 1 atom stereocenters. The Morgan fingerprint density at radius 1 is 1.38 bits per heavy atom. The molecule has 5 heteroatoms. The average Bonchev–Trinajstić information content (AvgIpc) is 3.07. The van der Waals surface area contributed by atoms with Crippen LogP contribution in [0.3, 0.4) is 0 Å². The Bertz CT molecular complexity index is 500. The summed E-state index contributed by atoms with van der Waals surface area (Å²) < 4.78 is 5.92. The normalized spacial score (nSPS) is 25.2. The molecule has 0 radical (unpaired) electrons. The third kappa shape index (κ3) is 4.38. The van der Waals surface area contributed by atoms with Gasteiger partial charge in [-0.2, -0.15) is 5.10 Å². The minimum absolute atomic E-state index is 0.0651. The molecule has 2 fully saturated rings. The molecule has 3 heterocycles. The number of nitrogens with one attached hydrogen (secondary N) is 1. The summed E-state index contributed by atoms with van der Waals surface area (Å²) in [6.07, 6.45) is 7.15. The lowest BCUT2D eigenvalue weighted by atomic mass is 9.74. The lowest BCUT2D eigenvalue weighted by Gasteiger charge is -2.43. The quantitative estimate of drug-likeness (QED) is 0.839. The molecule has 24 heavy (non-hydrogen) atoms. The number of aliphatic hydroxyl groups is 1. The van der Waals surface area contributed by atoms with Gasteiger partial charge in [-0.25, -0.2) is 0 Å². The molecule has 0 aromatic carbocycles. The maximum atomic E-state index is 10.0. The summed E-state index contributed by atoms with van der Waals surface area (Å²) >= 11 is 0. The first-order valence-corrected chi connectivity index (χ1v) is 9.59. The number of likely N-dealkylation sites (tertiary alicyclic amines) is 1. The number of rotatable bonds is 6. The van der Waals surface area contributed by atoms with E-state index < -0.39 is 0 Å². The molecule has 0 aliphatic carbocycles. The monoisotopic (exact) mass is 335 g/mol. The number of aliphatic hydroxyl groups excluding tert-OH is 1. The predicted octanol–water partition coefficient (Wildman–Crippen LogP) is 3.07. The SMILES string of the molecule is CC(C)c1cc(CN2CCC(CO)(CC3CCCCO3)CC2)[nH]n1. The van der Waals surface area contributed by atoms with E-state index in [9.17, 15) is 5.11 Å². The molecule has 2 saturated heterocycles. The summed E-state index contributed by atoms with van der Waals surface area (Å²) in [5.74, 6) is 0.467. The van der Waals surface area contributed by atoms with Crippen molar-refractivity contribution in [2.24, 2.45) is 5.41 Å². The van der Waals surface area contributed by atoms with Gasteiger partial charge in [0.25, 0.3) is 0 Å². The van der Waals surface area contributed by atoms with Crippen LogP contribution in [0, 0.1) is 5.41 Å². The first-order valence-electron chi connectivity index (χ1n) is 9.59. The Labute approximate surface area is 145 Å². The molecule has 0 saturated carbocycles. The number of aromatic amines is 1. The van der Waals surface area contributed by atoms with Crippen molar-refractivity contribution in [3.63, 3.8) is 0 Å². The largest absolute Gasteiger partial charge is 0.396 e. The van der Waals surface area contributed by atoms with Gasteiger partial charge in [0.05, 0.1) is 11.8 Å². The highest BCUT2D eigenvalue weighted by Crippen LogP contribution is 2.38. The van der Waals surface area contributed by atoms with Crippen molar-refractivity contribution in [2.75, 3.05) is 26.3 Å². The molecule has 2 N–H and O–H groups in total. The van der Waals surface area contributed by atoms with Gasteiger partial charge in [0.1, 0.15) is 0 Å². The first-order chi connectivity index (χ1) is 11.6. The highest BCUT2D eigenvalue weighted by atomic mass is 16.5. The Hall–Kier alpha value is -0.910. The van der Waals surface area contributed by atoms with E-state index in [2.05, 4.69) is 35.0 Å². The van der Waals surface area contributed by atoms with Gasteiger partial charge in [0.15, 0.2) is 0 Å². The van der Waals surface area contributed by atoms with E-state index >= 15 is 0 Å². The molecule has 0 bridgehead atoms. The Balaban J connectivity index is 1.51. The van der Waals surface area contributed by atoms with Crippen molar-refractivity contribution in [3.8, 4) is 0 Å². The fourth-order valence-corrected chi connectivity index (χ4v) is 4.06. The minimum atomic E-state index is 0.0651. The van der Waals surface area contributed by atoms with Gasteiger partial charge in [-0.05, 0) is 69.0 Å². The number of hydrogen-bond donors (Lipinski definition) is 2. The van der Waals surface area contributed by atoms with E-state index in [-0.39, 0.29) is 5.41 Å². The lowest BCUT2D eigenvalue weighted by molar-refractivity contribution is -0.0487. The van der Waals surface area contributed by atoms with Gasteiger partial charge in [-0.3, -0.25) is 10.00 Å². The fraction of sp³-hybridized carbons (Fsp3) is 0.842. The number of nitrogens with zero attached hydrogens (tertiary/aromatic N) is 2. The Morgan fingerprint density at radius 2 is 2.17 bits per heavy atom. The van der Waals surface area contributed by atoms with E-state index in [0.29, 0.717) is 18.6 Å². The number of hydrogen-bond acceptors (Lipinski definition) is 4. The van der Waals surface area contributed by atoms with Crippen molar-refractivity contribution >= 4 is 0 Å². The van der Waals surface area contributed by atoms with Crippen LogP contribution >= 0.6 is 0 Å². The molecule has 1 unspecified atom stereocenters. The van der Waals surface area contributed by atoms with Gasteiger partial charge < -0.3 is 9.84 Å². The van der Waals surface area contributed by atoms with Gasteiger partial charge in [-0.1, -0.05) is 13.8 Å². The molecule has 3 rings (SSSR count). The second-order valence-corrected chi connectivity index (χ2v) is 8.10. The molecule has 5 nitrogen and oxygen atoms in total. The molecule has 2 aliphatic heterocycles. The number of ether oxygens (including phenoxy) is 1. The van der Waals surface area contributed by atoms with Crippen LogP contribution in [0.5, 0.6) is 0 Å². The Morgan fingerprint density at radius 3 is 2.75 bits per heavy atom. The third-order valence-electron chi connectivity index (χ3n) is 5.82. The van der Waals surface area contributed by atoms with Gasteiger partial charge in [0.2, 0.25) is 0 Å². The van der Waals surface area contributed by atoms with Gasteiger partial charge in [0, 0.05) is 25.5 Å². The topological polar surface area (TPSA) is 61.4 Å². The summed E-state index contributed by atoms with van der Waals surface area (Å²) in [5.41, 5.74) is 2.40. The van der Waals surface area contributed by atoms with Crippen molar-refractivity contribution in [3.05, 3.63) is 17.5 Å². The second kappa shape index (κ2) is 7.98. The fourth-order valence-electron chi connectivity index (χ4n) is 4.06. The minimum Gasteiger partial charge on any atom is -0.396 e. The zero-order chi connectivity index (χ0) is 17.0. The number of H-pyrrole nitrogens is 1. The summed E-state index contributed by atoms with van der Waals surface area (Å²) in [7, 11) is 0. The predicted molar refractivity (Wildman–Crippen MR) is 94.9 cm³/mol. The Kier molecular flexibility index (Phi) is 5.95. The van der Waals surface area contributed by atoms with Crippen LogP contribution in [-0.2, 0) is 11.3 Å². The van der Waals surface area contributed by atoms with Crippen LogP contribution in [0.25, 0.3) is 0 Å². The molecular formula is C19H33N3O2. The standard InChI is InChI=1S/C19H33N3O2/c1-15(2)18-11-16(20-21-18)13-22-8-6-19(14-23,7-9-22)12-17-5-3-4-10-24-17/h11,15,17,23H,3-10,12-14H2,1-2H3,(H,20,21). The van der Waals surface area contributed by atoms with E-state index in [0.717, 1.165) is 57.6 Å². The van der Waals surface area contributed by atoms with Gasteiger partial charge in [-0.15, -0.1) is 0 Å². The molecule has 2 aliphatic rings. The molecule has 136 valence electrons. The third-order valence-corrected chi connectivity index (χ3v) is 5.82. The average molecular weight is 335 g/mol. The smallest absolute Gasteiger partial charge is 0.0650 e. The molecule has 1 aromatic heterocycles. The number of piperidine rings is 1. The molecule has 1 aromatic rings. The van der Waals surface area contributed by atoms with Crippen LogP contribution in [0.2, 0.25) is 0 Å². The summed E-state index contributed by atoms with van der Waals surface area (Å²) in [4.78, 5) is 2.48. The van der Waals surface area contributed by atoms with E-state index in [1.165, 1.54) is 18.5 Å². The molecule has 0 spiro atoms. The summed E-state index contributed by atoms with van der Waals surface area (Å²) in [6.45, 7) is 8.56. The first kappa shape index (κ1) is 17.9. The van der Waals surface area contributed by atoms with Crippen LogP contribution in [0.15, 0.2) is 6.07 Å². The maximum Gasteiger partial charge on any atom is 0.0650 e. The van der Waals surface area contributed by atoms with E-state index in [1.54, 1.807) is 0 Å². The molecule has 0 amide bonds. The summed E-state index contributed by atoms with van der Waals surface area (Å²) in [5, 5.41) is 17.6. The van der Waals surface area contributed by atoms with Gasteiger partial charge >= 0.3 is 0 Å². The highest BCUT2D eigenvalue weighted by Gasteiger charge is 2.37. The lowest BCUT2D eigenvalue weighted by Crippen LogP contribution is -2.44. The van der Waals surface area contributed by atoms with Crippen LogP contribution in [-0.4, -0.2) is 52.6 Å². The van der Waals surface area contributed by atoms with Crippen molar-refractivity contribution < 1.29 is 9.84 Å². The van der Waals surface area contributed by atoms with Crippen molar-refractivity contribution in [1.29, 1.82) is 0 Å². The zero-order valence-electron chi connectivity index (χ0n) is 15.3. The summed E-state index contributed by atoms with van der Waals surface area (Å²) in [6, 6.07) is 2.19. The van der Waals surface area contributed by atoms with Crippen molar-refractivity contribution in [2.45, 2.75) is 70.9 Å². The maximum absolute atomic E-state index is 10.0. The van der Waals surface area contributed by atoms with E-state index in [1.807, 2.05) is 0 Å². The zero-order valence-corrected chi connectivity index (χ0v) is 15.3. The van der Waals surface area contributed by atoms with Crippen molar-refractivity contribution in [1.82, 2.24) is 15.1 Å². The highest BCUT2D eigenvalue weighted by molar-refractivity contribution is 5.11. The number of aromatic nitrogens is 2. The molecular weight excluding hydrogens is 302 g/mol. The second-order valence-electron chi connectivity index (χ2n) is 8.10. The van der Waals surface area contributed by atoms with E-state index in [4.69, 9.17) is 4.74 Å². The van der Waals surface area contributed by atoms with Crippen LogP contribution < -0.4 is 0 Å².